The van der Waals surface area contributed by atoms with Crippen LogP contribution in [0.1, 0.15) is 45.1 Å². The Kier molecular flexibility index (Phi) is 10.4. The van der Waals surface area contributed by atoms with Gasteiger partial charge in [-0.2, -0.15) is 0 Å². The number of aromatic amines is 1. The first kappa shape index (κ1) is 32.9. The first-order chi connectivity index (χ1) is 21.3. The van der Waals surface area contributed by atoms with Gasteiger partial charge in [0.2, 0.25) is 5.88 Å². The highest BCUT2D eigenvalue weighted by molar-refractivity contribution is 7.09. The van der Waals surface area contributed by atoms with Crippen molar-refractivity contribution in [1.82, 2.24) is 4.98 Å². The first-order valence-corrected chi connectivity index (χ1v) is 15.1. The van der Waals surface area contributed by atoms with Gasteiger partial charge in [0, 0.05) is 37.3 Å². The van der Waals surface area contributed by atoms with E-state index in [-0.39, 0.29) is 23.4 Å². The molecule has 0 radical (unpaired) electrons. The Morgan fingerprint density at radius 3 is 2.33 bits per heavy atom. The Balaban J connectivity index is 1.46. The summed E-state index contributed by atoms with van der Waals surface area (Å²) in [5.41, 5.74) is 1.77. The van der Waals surface area contributed by atoms with Gasteiger partial charge in [-0.1, -0.05) is 29.5 Å². The van der Waals surface area contributed by atoms with Gasteiger partial charge in [0.25, 0.3) is 5.91 Å². The largest absolute Gasteiger partial charge is 0.494 e. The highest BCUT2D eigenvalue weighted by atomic mass is 32.1. The van der Waals surface area contributed by atoms with Gasteiger partial charge >= 0.3 is 11.0 Å². The van der Waals surface area contributed by atoms with Crippen molar-refractivity contribution < 1.29 is 28.9 Å². The number of thiazole rings is 1. The number of aromatic hydroxyl groups is 1. The van der Waals surface area contributed by atoms with Crippen molar-refractivity contribution in [2.75, 3.05) is 29.2 Å². The maximum absolute atomic E-state index is 13.0. The van der Waals surface area contributed by atoms with Gasteiger partial charge in [-0.3, -0.25) is 19.5 Å². The number of nitrogens with zero attached hydrogens (tertiary/aromatic N) is 1. The zero-order valence-electron chi connectivity index (χ0n) is 26.1. The molecular formula is C33H38N4O7S. The summed E-state index contributed by atoms with van der Waals surface area (Å²) in [5, 5.41) is 16.0. The van der Waals surface area contributed by atoms with Gasteiger partial charge in [-0.25, -0.2) is 4.79 Å². The van der Waals surface area contributed by atoms with Crippen LogP contribution < -0.4 is 29.9 Å². The average molecular weight is 635 g/mol. The van der Waals surface area contributed by atoms with E-state index in [1.165, 1.54) is 4.90 Å². The minimum absolute atomic E-state index is 0.133. The number of hydrogen-bond donors (Lipinski definition) is 4. The van der Waals surface area contributed by atoms with E-state index in [0.29, 0.717) is 39.9 Å². The van der Waals surface area contributed by atoms with Crippen molar-refractivity contribution in [2.45, 2.75) is 52.7 Å². The molecule has 4 N–H and O–H groups in total. The van der Waals surface area contributed by atoms with Crippen LogP contribution in [0.4, 0.5) is 21.9 Å². The number of aromatic nitrogens is 1. The molecule has 0 spiro atoms. The fourth-order valence-corrected chi connectivity index (χ4v) is 4.96. The number of amides is 2. The van der Waals surface area contributed by atoms with Gasteiger partial charge in [0.05, 0.1) is 16.3 Å². The molecule has 0 aliphatic rings. The van der Waals surface area contributed by atoms with Gasteiger partial charge in [0.15, 0.2) is 6.61 Å². The highest BCUT2D eigenvalue weighted by Crippen LogP contribution is 2.34. The number of benzene rings is 3. The third-order valence-electron chi connectivity index (χ3n) is 6.16. The van der Waals surface area contributed by atoms with Crippen LogP contribution in [0, 0.1) is 0 Å². The molecule has 0 unspecified atom stereocenters. The SMILES string of the molecule is CC(C)Nc1cccc(Oc2ccc(NC(=O)COc3ccc(Cc4sc(=O)[nH]c4O)cc3)c(N(C)C(=O)OC(C)(C)C)c2)c1. The normalized spacial score (nSPS) is 11.2. The summed E-state index contributed by atoms with van der Waals surface area (Å²) >= 11 is 0.951. The molecule has 1 aromatic heterocycles. The molecule has 0 atom stereocenters. The molecule has 0 bridgehead atoms. The maximum Gasteiger partial charge on any atom is 0.414 e. The summed E-state index contributed by atoms with van der Waals surface area (Å²) < 4.78 is 17.3. The van der Waals surface area contributed by atoms with E-state index in [0.717, 1.165) is 22.6 Å². The number of carbonyl (C=O) groups excluding carboxylic acids is 2. The summed E-state index contributed by atoms with van der Waals surface area (Å²) in [6.45, 7) is 9.13. The van der Waals surface area contributed by atoms with Gasteiger partial charge in [-0.15, -0.1) is 0 Å². The van der Waals surface area contributed by atoms with Gasteiger partial charge in [0.1, 0.15) is 22.8 Å². The molecule has 1 heterocycles. The summed E-state index contributed by atoms with van der Waals surface area (Å²) in [4.78, 5) is 41.2. The molecular weight excluding hydrogens is 596 g/mol. The standard InChI is InChI=1S/C33H38N4O7S/c1-20(2)34-22-8-7-9-24(17-22)43-25-14-15-26(27(18-25)37(6)32(41)44-33(3,4)5)35-29(38)19-42-23-12-10-21(11-13-23)16-28-30(39)36-31(40)45-28/h7-15,17-18,20,34,39H,16,19H2,1-6H3,(H,35,38)(H,36,40). The molecule has 238 valence electrons. The van der Waals surface area contributed by atoms with Crippen LogP contribution >= 0.6 is 11.3 Å². The Bertz CT molecular complexity index is 1690. The number of anilines is 3. The first-order valence-electron chi connectivity index (χ1n) is 14.3. The number of hydrogen-bond acceptors (Lipinski definition) is 9. The van der Waals surface area contributed by atoms with Gasteiger partial charge < -0.3 is 30.0 Å². The fraction of sp³-hybridized carbons (Fsp3) is 0.303. The quantitative estimate of drug-likeness (QED) is 0.142. The van der Waals surface area contributed by atoms with Crippen LogP contribution in [0.5, 0.6) is 23.1 Å². The van der Waals surface area contributed by atoms with E-state index < -0.39 is 17.6 Å². The van der Waals surface area contributed by atoms with Crippen LogP contribution in [0.2, 0.25) is 0 Å². The number of carbonyl (C=O) groups is 2. The predicted octanol–water partition coefficient (Wildman–Crippen LogP) is 6.73. The predicted molar refractivity (Wildman–Crippen MR) is 176 cm³/mol. The summed E-state index contributed by atoms with van der Waals surface area (Å²) in [5.74, 6) is 0.942. The van der Waals surface area contributed by atoms with Gasteiger partial charge in [-0.05, 0) is 76.6 Å². The van der Waals surface area contributed by atoms with E-state index in [4.69, 9.17) is 14.2 Å². The molecule has 11 nitrogen and oxygen atoms in total. The molecule has 3 aromatic carbocycles. The molecule has 0 aliphatic heterocycles. The zero-order valence-corrected chi connectivity index (χ0v) is 26.9. The van der Waals surface area contributed by atoms with E-state index in [1.54, 1.807) is 70.3 Å². The Morgan fingerprint density at radius 2 is 1.69 bits per heavy atom. The number of H-pyrrole nitrogens is 1. The van der Waals surface area contributed by atoms with E-state index in [2.05, 4.69) is 15.6 Å². The fourth-order valence-electron chi connectivity index (χ4n) is 4.20. The zero-order chi connectivity index (χ0) is 32.7. The topological polar surface area (TPSA) is 142 Å². The van der Waals surface area contributed by atoms with Crippen molar-refractivity contribution in [3.8, 4) is 23.1 Å². The minimum Gasteiger partial charge on any atom is -0.494 e. The molecule has 0 saturated heterocycles. The molecule has 12 heteroatoms. The summed E-state index contributed by atoms with van der Waals surface area (Å²) in [6.07, 6.45) is -0.223. The van der Waals surface area contributed by atoms with Crippen molar-refractivity contribution in [2.24, 2.45) is 0 Å². The van der Waals surface area contributed by atoms with Crippen LogP contribution in [-0.2, 0) is 16.0 Å². The Morgan fingerprint density at radius 1 is 1.00 bits per heavy atom. The van der Waals surface area contributed by atoms with Crippen LogP contribution in [0.25, 0.3) is 0 Å². The molecule has 0 aliphatic carbocycles. The smallest absolute Gasteiger partial charge is 0.414 e. The minimum atomic E-state index is -0.725. The Labute approximate surface area is 265 Å². The molecule has 4 aromatic rings. The van der Waals surface area contributed by atoms with Crippen LogP contribution in [0.15, 0.2) is 71.5 Å². The average Bonchev–Trinajstić information content (AvgIpc) is 3.27. The lowest BCUT2D eigenvalue weighted by Gasteiger charge is -2.26. The molecule has 45 heavy (non-hydrogen) atoms. The van der Waals surface area contributed by atoms with Crippen LogP contribution in [-0.4, -0.2) is 47.4 Å². The summed E-state index contributed by atoms with van der Waals surface area (Å²) in [6, 6.07) is 19.8. The van der Waals surface area contributed by atoms with E-state index in [1.807, 2.05) is 38.1 Å². The lowest BCUT2D eigenvalue weighted by atomic mass is 10.1. The summed E-state index contributed by atoms with van der Waals surface area (Å²) in [7, 11) is 1.56. The second-order valence-electron chi connectivity index (χ2n) is 11.6. The van der Waals surface area contributed by atoms with Crippen molar-refractivity contribution in [3.05, 3.63) is 86.8 Å². The third kappa shape index (κ3) is 9.77. The number of nitrogens with one attached hydrogen (secondary N) is 3. The maximum atomic E-state index is 13.0. The lowest BCUT2D eigenvalue weighted by molar-refractivity contribution is -0.118. The van der Waals surface area contributed by atoms with E-state index in [9.17, 15) is 19.5 Å². The lowest BCUT2D eigenvalue weighted by Crippen LogP contribution is -2.34. The van der Waals surface area contributed by atoms with Crippen molar-refractivity contribution in [3.63, 3.8) is 0 Å². The van der Waals surface area contributed by atoms with E-state index >= 15 is 0 Å². The van der Waals surface area contributed by atoms with Crippen LogP contribution in [0.3, 0.4) is 0 Å². The number of ether oxygens (including phenoxy) is 3. The number of rotatable bonds is 11. The highest BCUT2D eigenvalue weighted by Gasteiger charge is 2.23. The van der Waals surface area contributed by atoms with Crippen molar-refractivity contribution >= 4 is 40.4 Å². The monoisotopic (exact) mass is 634 g/mol. The molecule has 2 amide bonds. The Hall–Kier alpha value is -4.97. The molecule has 4 rings (SSSR count). The second-order valence-corrected chi connectivity index (χ2v) is 12.7. The molecule has 0 fully saturated rings. The second kappa shape index (κ2) is 14.2. The third-order valence-corrected chi connectivity index (χ3v) is 7.03. The van der Waals surface area contributed by atoms with Crippen molar-refractivity contribution in [1.29, 1.82) is 0 Å². The molecule has 0 saturated carbocycles.